The van der Waals surface area contributed by atoms with Gasteiger partial charge in [-0.15, -0.1) is 0 Å². The van der Waals surface area contributed by atoms with Gasteiger partial charge in [0.15, 0.2) is 0 Å². The third-order valence-electron chi connectivity index (χ3n) is 5.26. The van der Waals surface area contributed by atoms with Gasteiger partial charge in [0.05, 0.1) is 22.9 Å². The van der Waals surface area contributed by atoms with Gasteiger partial charge in [-0.25, -0.2) is 4.98 Å². The predicted molar refractivity (Wildman–Crippen MR) is 109 cm³/mol. The molecule has 1 saturated heterocycles. The molecule has 5 nitrogen and oxygen atoms in total. The SMILES string of the molecule is c1ccc2c(CN3CCN(c4cnc5ccccc5n4)CC3)nccc2c1. The minimum absolute atomic E-state index is 0.887. The molecule has 0 atom stereocenters. The smallest absolute Gasteiger partial charge is 0.147 e. The number of aromatic nitrogens is 3. The summed E-state index contributed by atoms with van der Waals surface area (Å²) < 4.78 is 0. The Balaban J connectivity index is 1.29. The summed E-state index contributed by atoms with van der Waals surface area (Å²) in [5.41, 5.74) is 3.06. The second-order valence-electron chi connectivity index (χ2n) is 6.96. The Morgan fingerprint density at radius 3 is 2.44 bits per heavy atom. The highest BCUT2D eigenvalue weighted by atomic mass is 15.3. The normalized spacial score (nSPS) is 15.5. The monoisotopic (exact) mass is 355 g/mol. The lowest BCUT2D eigenvalue weighted by molar-refractivity contribution is 0.247. The van der Waals surface area contributed by atoms with Crippen LogP contribution in [0, 0.1) is 0 Å². The van der Waals surface area contributed by atoms with Crippen molar-refractivity contribution in [2.24, 2.45) is 0 Å². The van der Waals surface area contributed by atoms with Crippen molar-refractivity contribution < 1.29 is 0 Å². The highest BCUT2D eigenvalue weighted by molar-refractivity contribution is 5.84. The first-order chi connectivity index (χ1) is 13.4. The zero-order chi connectivity index (χ0) is 18.1. The summed E-state index contributed by atoms with van der Waals surface area (Å²) in [6.07, 6.45) is 3.81. The van der Waals surface area contributed by atoms with Gasteiger partial charge in [-0.3, -0.25) is 14.9 Å². The number of pyridine rings is 1. The van der Waals surface area contributed by atoms with Gasteiger partial charge in [0, 0.05) is 44.3 Å². The summed E-state index contributed by atoms with van der Waals surface area (Å²) in [6.45, 7) is 4.80. The lowest BCUT2D eigenvalue weighted by atomic mass is 10.1. The quantitative estimate of drug-likeness (QED) is 0.563. The van der Waals surface area contributed by atoms with Crippen molar-refractivity contribution in [3.05, 3.63) is 72.7 Å². The summed E-state index contributed by atoms with van der Waals surface area (Å²) in [6, 6.07) is 18.6. The van der Waals surface area contributed by atoms with E-state index in [4.69, 9.17) is 4.98 Å². The first kappa shape index (κ1) is 16.1. The molecule has 1 aliphatic rings. The average molecular weight is 355 g/mol. The number of hydrogen-bond acceptors (Lipinski definition) is 5. The molecule has 5 heteroatoms. The number of hydrogen-bond donors (Lipinski definition) is 0. The summed E-state index contributed by atoms with van der Waals surface area (Å²) in [7, 11) is 0. The highest BCUT2D eigenvalue weighted by Crippen LogP contribution is 2.20. The second-order valence-corrected chi connectivity index (χ2v) is 6.96. The van der Waals surface area contributed by atoms with Crippen molar-refractivity contribution in [3.8, 4) is 0 Å². The topological polar surface area (TPSA) is 45.2 Å². The van der Waals surface area contributed by atoms with E-state index in [2.05, 4.69) is 50.1 Å². The molecule has 0 N–H and O–H groups in total. The van der Waals surface area contributed by atoms with E-state index in [1.54, 1.807) is 0 Å². The van der Waals surface area contributed by atoms with E-state index in [0.717, 1.165) is 55.3 Å². The number of piperazine rings is 1. The van der Waals surface area contributed by atoms with Crippen molar-refractivity contribution in [1.82, 2.24) is 19.9 Å². The minimum Gasteiger partial charge on any atom is -0.353 e. The van der Waals surface area contributed by atoms with Crippen LogP contribution in [0.1, 0.15) is 5.69 Å². The fourth-order valence-corrected chi connectivity index (χ4v) is 3.75. The molecule has 0 aliphatic carbocycles. The highest BCUT2D eigenvalue weighted by Gasteiger charge is 2.19. The third kappa shape index (κ3) is 3.22. The Kier molecular flexibility index (Phi) is 4.14. The Morgan fingerprint density at radius 2 is 1.56 bits per heavy atom. The first-order valence-electron chi connectivity index (χ1n) is 9.38. The molecule has 0 spiro atoms. The molecule has 5 rings (SSSR count). The molecule has 0 amide bonds. The Hall–Kier alpha value is -3.05. The summed E-state index contributed by atoms with van der Waals surface area (Å²) in [5, 5.41) is 2.51. The molecule has 27 heavy (non-hydrogen) atoms. The largest absolute Gasteiger partial charge is 0.353 e. The van der Waals surface area contributed by atoms with Crippen molar-refractivity contribution in [3.63, 3.8) is 0 Å². The number of nitrogens with zero attached hydrogens (tertiary/aromatic N) is 5. The number of rotatable bonds is 3. The third-order valence-corrected chi connectivity index (χ3v) is 5.26. The molecule has 0 unspecified atom stereocenters. The van der Waals surface area contributed by atoms with E-state index in [1.165, 1.54) is 10.8 Å². The van der Waals surface area contributed by atoms with E-state index < -0.39 is 0 Å². The number of fused-ring (bicyclic) bond motifs is 2. The zero-order valence-corrected chi connectivity index (χ0v) is 15.1. The Bertz CT molecular complexity index is 1080. The molecule has 1 aliphatic heterocycles. The molecule has 2 aromatic heterocycles. The van der Waals surface area contributed by atoms with E-state index in [9.17, 15) is 0 Å². The van der Waals surface area contributed by atoms with Crippen molar-refractivity contribution >= 4 is 27.6 Å². The fraction of sp³-hybridized carbons (Fsp3) is 0.227. The van der Waals surface area contributed by atoms with Crippen LogP contribution in [0.4, 0.5) is 5.82 Å². The van der Waals surface area contributed by atoms with Gasteiger partial charge in [0.1, 0.15) is 5.82 Å². The maximum atomic E-state index is 4.78. The van der Waals surface area contributed by atoms with Crippen LogP contribution in [-0.4, -0.2) is 46.0 Å². The van der Waals surface area contributed by atoms with Crippen LogP contribution in [0.5, 0.6) is 0 Å². The number of anilines is 1. The summed E-state index contributed by atoms with van der Waals surface area (Å²) >= 11 is 0. The van der Waals surface area contributed by atoms with Gasteiger partial charge in [-0.1, -0.05) is 36.4 Å². The number of benzene rings is 2. The van der Waals surface area contributed by atoms with E-state index in [0.29, 0.717) is 0 Å². The first-order valence-corrected chi connectivity index (χ1v) is 9.38. The molecule has 0 bridgehead atoms. The van der Waals surface area contributed by atoms with Crippen LogP contribution in [0.25, 0.3) is 21.8 Å². The van der Waals surface area contributed by atoms with E-state index in [1.807, 2.05) is 36.7 Å². The lowest BCUT2D eigenvalue weighted by Gasteiger charge is -2.35. The van der Waals surface area contributed by atoms with Crippen LogP contribution in [0.3, 0.4) is 0 Å². The average Bonchev–Trinajstić information content (AvgIpc) is 2.74. The van der Waals surface area contributed by atoms with Gasteiger partial charge < -0.3 is 4.90 Å². The van der Waals surface area contributed by atoms with Gasteiger partial charge in [-0.2, -0.15) is 0 Å². The van der Waals surface area contributed by atoms with Crippen molar-refractivity contribution in [2.75, 3.05) is 31.1 Å². The standard InChI is InChI=1S/C22H21N5/c1-2-6-18-17(5-1)9-10-23-21(18)16-26-11-13-27(14-12-26)22-15-24-19-7-3-4-8-20(19)25-22/h1-10,15H,11-14,16H2. The minimum atomic E-state index is 0.887. The van der Waals surface area contributed by atoms with Crippen molar-refractivity contribution in [2.45, 2.75) is 6.54 Å². The van der Waals surface area contributed by atoms with Gasteiger partial charge in [0.25, 0.3) is 0 Å². The van der Waals surface area contributed by atoms with Crippen LogP contribution in [0.15, 0.2) is 67.0 Å². The molecule has 4 aromatic rings. The molecule has 0 saturated carbocycles. The van der Waals surface area contributed by atoms with Crippen LogP contribution in [-0.2, 0) is 6.54 Å². The molecule has 3 heterocycles. The second kappa shape index (κ2) is 6.93. The van der Waals surface area contributed by atoms with E-state index in [-0.39, 0.29) is 0 Å². The van der Waals surface area contributed by atoms with Crippen LogP contribution in [0.2, 0.25) is 0 Å². The maximum Gasteiger partial charge on any atom is 0.147 e. The van der Waals surface area contributed by atoms with Gasteiger partial charge in [-0.05, 0) is 23.6 Å². The molecular formula is C22H21N5. The van der Waals surface area contributed by atoms with Crippen LogP contribution >= 0.6 is 0 Å². The molecule has 1 fully saturated rings. The lowest BCUT2D eigenvalue weighted by Crippen LogP contribution is -2.46. The molecular weight excluding hydrogens is 334 g/mol. The zero-order valence-electron chi connectivity index (χ0n) is 15.1. The van der Waals surface area contributed by atoms with E-state index >= 15 is 0 Å². The summed E-state index contributed by atoms with van der Waals surface area (Å²) in [5.74, 6) is 0.969. The molecule has 134 valence electrons. The molecule has 2 aromatic carbocycles. The maximum absolute atomic E-state index is 4.78. The Morgan fingerprint density at radius 1 is 0.778 bits per heavy atom. The van der Waals surface area contributed by atoms with Gasteiger partial charge >= 0.3 is 0 Å². The molecule has 0 radical (unpaired) electrons. The predicted octanol–water partition coefficient (Wildman–Crippen LogP) is 3.50. The Labute approximate surface area is 158 Å². The van der Waals surface area contributed by atoms with Gasteiger partial charge in [0.2, 0.25) is 0 Å². The summed E-state index contributed by atoms with van der Waals surface area (Å²) in [4.78, 5) is 18.8. The van der Waals surface area contributed by atoms with Crippen molar-refractivity contribution in [1.29, 1.82) is 0 Å². The van der Waals surface area contributed by atoms with Crippen LogP contribution < -0.4 is 4.90 Å². The number of para-hydroxylation sites is 2. The fourth-order valence-electron chi connectivity index (χ4n) is 3.75.